The lowest BCUT2D eigenvalue weighted by atomic mass is 10.1. The highest BCUT2D eigenvalue weighted by Crippen LogP contribution is 2.28. The minimum atomic E-state index is -0.517. The fraction of sp³-hybridized carbons (Fsp3) is 0.280. The number of carbonyl (C=O) groups excluding carboxylic acids is 2. The molecule has 2 N–H and O–H groups in total. The third-order valence-corrected chi connectivity index (χ3v) is 8.71. The van der Waals surface area contributed by atoms with Gasteiger partial charge in [0.05, 0.1) is 22.9 Å². The molecule has 4 aromatic rings. The number of amides is 2. The average molecular weight is 599 g/mol. The van der Waals surface area contributed by atoms with E-state index in [1.807, 2.05) is 43.5 Å². The number of anilines is 1. The molecule has 0 unspecified atom stereocenters. The number of benzene rings is 2. The number of hydrogen-bond donors (Lipinski definition) is 2. The molecule has 12 nitrogen and oxygen atoms in total. The fourth-order valence-corrected chi connectivity index (χ4v) is 6.21. The topological polar surface area (TPSA) is 158 Å². The summed E-state index contributed by atoms with van der Waals surface area (Å²) in [5, 5.41) is 34.4. The third kappa shape index (κ3) is 6.66. The van der Waals surface area contributed by atoms with Gasteiger partial charge in [0.25, 0.3) is 11.6 Å². The van der Waals surface area contributed by atoms with Crippen LogP contribution in [-0.2, 0) is 11.3 Å². The lowest BCUT2D eigenvalue weighted by molar-refractivity contribution is -0.385. The lowest BCUT2D eigenvalue weighted by Crippen LogP contribution is -2.25. The maximum atomic E-state index is 13.0. The molecule has 2 aromatic carbocycles. The van der Waals surface area contributed by atoms with E-state index in [1.165, 1.54) is 48.2 Å². The van der Waals surface area contributed by atoms with Crippen molar-refractivity contribution in [1.82, 2.24) is 30.3 Å². The van der Waals surface area contributed by atoms with Crippen LogP contribution in [0.15, 0.2) is 45.9 Å². The van der Waals surface area contributed by atoms with Crippen LogP contribution in [0.25, 0.3) is 5.69 Å². The highest BCUT2D eigenvalue weighted by molar-refractivity contribution is 8.01. The number of aromatic nitrogens is 5. The van der Waals surface area contributed by atoms with Crippen LogP contribution in [0.4, 0.5) is 10.8 Å². The zero-order valence-electron chi connectivity index (χ0n) is 22.1. The predicted molar refractivity (Wildman–Crippen MR) is 155 cm³/mol. The third-order valence-electron chi connectivity index (χ3n) is 5.92. The summed E-state index contributed by atoms with van der Waals surface area (Å²) in [6, 6.07) is 10.2. The van der Waals surface area contributed by atoms with Gasteiger partial charge >= 0.3 is 0 Å². The van der Waals surface area contributed by atoms with Crippen molar-refractivity contribution in [2.45, 2.75) is 43.7 Å². The molecule has 0 bridgehead atoms. The van der Waals surface area contributed by atoms with Crippen molar-refractivity contribution in [3.63, 3.8) is 0 Å². The van der Waals surface area contributed by atoms with E-state index in [1.54, 1.807) is 11.8 Å². The van der Waals surface area contributed by atoms with Crippen molar-refractivity contribution in [2.24, 2.45) is 0 Å². The van der Waals surface area contributed by atoms with Crippen molar-refractivity contribution >= 4 is 57.5 Å². The molecule has 0 saturated carbocycles. The Morgan fingerprint density at radius 2 is 1.80 bits per heavy atom. The molecule has 0 fully saturated rings. The van der Waals surface area contributed by atoms with Crippen molar-refractivity contribution in [2.75, 3.05) is 16.8 Å². The maximum absolute atomic E-state index is 13.0. The van der Waals surface area contributed by atoms with Gasteiger partial charge in [-0.3, -0.25) is 29.6 Å². The van der Waals surface area contributed by atoms with E-state index in [0.29, 0.717) is 16.1 Å². The standard InChI is InChI=1S/C25H26N8O4S3/c1-5-38-25-31-29-23(40-25)27-21(34)13-39-24-30-28-20(32(24)18-10-6-8-14(2)15(18)3)12-26-22(35)17-9-7-11-19(16(17)4)33(36)37/h6-11H,5,12-13H2,1-4H3,(H,26,35)(H,27,29,34). The normalized spacial score (nSPS) is 10.9. The molecule has 0 aliphatic heterocycles. The van der Waals surface area contributed by atoms with Gasteiger partial charge in [-0.1, -0.05) is 60.0 Å². The summed E-state index contributed by atoms with van der Waals surface area (Å²) < 4.78 is 2.59. The number of carbonyl (C=O) groups is 2. The first-order valence-electron chi connectivity index (χ1n) is 12.1. The number of nitro groups is 1. The largest absolute Gasteiger partial charge is 0.345 e. The number of nitrogens with zero attached hydrogens (tertiary/aromatic N) is 6. The van der Waals surface area contributed by atoms with Crippen LogP contribution in [0.2, 0.25) is 0 Å². The van der Waals surface area contributed by atoms with Crippen LogP contribution in [-0.4, -0.2) is 53.2 Å². The van der Waals surface area contributed by atoms with E-state index in [9.17, 15) is 19.7 Å². The van der Waals surface area contributed by atoms with Crippen LogP contribution in [0.1, 0.15) is 39.8 Å². The van der Waals surface area contributed by atoms with Crippen molar-refractivity contribution in [3.8, 4) is 5.69 Å². The van der Waals surface area contributed by atoms with Gasteiger partial charge in [-0.15, -0.1) is 20.4 Å². The average Bonchev–Trinajstić information content (AvgIpc) is 3.54. The van der Waals surface area contributed by atoms with Crippen molar-refractivity contribution < 1.29 is 14.5 Å². The second-order valence-corrected chi connectivity index (χ2v) is 11.9. The van der Waals surface area contributed by atoms with Gasteiger partial charge in [0.2, 0.25) is 11.0 Å². The van der Waals surface area contributed by atoms with Crippen LogP contribution in [0, 0.1) is 30.9 Å². The molecule has 0 spiro atoms. The van der Waals surface area contributed by atoms with E-state index in [2.05, 4.69) is 31.0 Å². The molecule has 15 heteroatoms. The number of nitrogens with one attached hydrogen (secondary N) is 2. The number of aryl methyl sites for hydroxylation is 1. The van der Waals surface area contributed by atoms with Crippen LogP contribution in [0.3, 0.4) is 0 Å². The molecular formula is C25H26N8O4S3. The molecule has 2 heterocycles. The Balaban J connectivity index is 1.54. The summed E-state index contributed by atoms with van der Waals surface area (Å²) in [4.78, 5) is 36.4. The minimum absolute atomic E-state index is 0.0107. The van der Waals surface area contributed by atoms with E-state index in [-0.39, 0.29) is 35.0 Å². The van der Waals surface area contributed by atoms with E-state index in [4.69, 9.17) is 0 Å². The molecular weight excluding hydrogens is 573 g/mol. The quantitative estimate of drug-likeness (QED) is 0.107. The summed E-state index contributed by atoms with van der Waals surface area (Å²) in [5.41, 5.74) is 3.21. The van der Waals surface area contributed by atoms with Gasteiger partial charge < -0.3 is 5.32 Å². The van der Waals surface area contributed by atoms with Gasteiger partial charge in [-0.05, 0) is 49.8 Å². The molecule has 0 radical (unpaired) electrons. The molecule has 40 heavy (non-hydrogen) atoms. The summed E-state index contributed by atoms with van der Waals surface area (Å²) >= 11 is 4.07. The van der Waals surface area contributed by atoms with Crippen molar-refractivity contribution in [3.05, 3.63) is 74.6 Å². The van der Waals surface area contributed by atoms with Gasteiger partial charge in [0.15, 0.2) is 15.3 Å². The number of hydrogen-bond acceptors (Lipinski definition) is 11. The summed E-state index contributed by atoms with van der Waals surface area (Å²) in [7, 11) is 0. The van der Waals surface area contributed by atoms with Gasteiger partial charge in [0.1, 0.15) is 0 Å². The maximum Gasteiger partial charge on any atom is 0.273 e. The van der Waals surface area contributed by atoms with E-state index < -0.39 is 10.8 Å². The monoisotopic (exact) mass is 598 g/mol. The summed E-state index contributed by atoms with van der Waals surface area (Å²) in [5.74, 6) is 0.625. The van der Waals surface area contributed by atoms with Crippen LogP contribution >= 0.6 is 34.9 Å². The molecule has 2 aromatic heterocycles. The Morgan fingerprint density at radius 3 is 2.55 bits per heavy atom. The second kappa shape index (κ2) is 13.0. The Morgan fingerprint density at radius 1 is 1.02 bits per heavy atom. The smallest absolute Gasteiger partial charge is 0.273 e. The molecule has 0 aliphatic rings. The Kier molecular flexibility index (Phi) is 9.50. The molecule has 208 valence electrons. The van der Waals surface area contributed by atoms with E-state index in [0.717, 1.165) is 26.9 Å². The van der Waals surface area contributed by atoms with Gasteiger partial charge in [-0.25, -0.2) is 0 Å². The van der Waals surface area contributed by atoms with Crippen molar-refractivity contribution in [1.29, 1.82) is 0 Å². The van der Waals surface area contributed by atoms with Crippen LogP contribution in [0.5, 0.6) is 0 Å². The zero-order chi connectivity index (χ0) is 28.8. The SMILES string of the molecule is CCSc1nnc(NC(=O)CSc2nnc(CNC(=O)c3cccc([N+](=O)[O-])c3C)n2-c2cccc(C)c2C)s1. The minimum Gasteiger partial charge on any atom is -0.345 e. The summed E-state index contributed by atoms with van der Waals surface area (Å²) in [6.45, 7) is 7.53. The predicted octanol–water partition coefficient (Wildman–Crippen LogP) is 4.73. The van der Waals surface area contributed by atoms with E-state index >= 15 is 0 Å². The number of rotatable bonds is 11. The first-order valence-corrected chi connectivity index (χ1v) is 14.9. The van der Waals surface area contributed by atoms with Crippen LogP contribution < -0.4 is 10.6 Å². The molecule has 2 amide bonds. The Labute approximate surface area is 242 Å². The second-order valence-electron chi connectivity index (χ2n) is 8.49. The lowest BCUT2D eigenvalue weighted by Gasteiger charge is -2.15. The summed E-state index contributed by atoms with van der Waals surface area (Å²) in [6.07, 6.45) is 0. The Bertz CT molecular complexity index is 1570. The first kappa shape index (κ1) is 29.2. The Hall–Kier alpha value is -3.82. The van der Waals surface area contributed by atoms with Gasteiger partial charge in [-0.2, -0.15) is 0 Å². The highest BCUT2D eigenvalue weighted by Gasteiger charge is 2.21. The molecule has 0 aliphatic carbocycles. The highest BCUT2D eigenvalue weighted by atomic mass is 32.2. The first-order chi connectivity index (χ1) is 19.2. The number of thioether (sulfide) groups is 2. The molecule has 4 rings (SSSR count). The fourth-order valence-electron chi connectivity index (χ4n) is 3.78. The van der Waals surface area contributed by atoms with Gasteiger partial charge in [0, 0.05) is 17.2 Å². The molecule has 0 saturated heterocycles. The molecule has 0 atom stereocenters. The zero-order valence-corrected chi connectivity index (χ0v) is 24.6. The number of nitro benzene ring substituents is 1.